The van der Waals surface area contributed by atoms with Crippen LogP contribution in [-0.4, -0.2) is 29.1 Å². The molecule has 0 aromatic carbocycles. The smallest absolute Gasteiger partial charge is 0.302 e. The largest absolute Gasteiger partial charge is 0.462 e. The zero-order valence-corrected chi connectivity index (χ0v) is 20.1. The van der Waals surface area contributed by atoms with Crippen molar-refractivity contribution in [2.24, 2.45) is 45.3 Å². The van der Waals surface area contributed by atoms with Gasteiger partial charge in [-0.2, -0.15) is 0 Å². The van der Waals surface area contributed by atoms with E-state index in [1.54, 1.807) is 6.92 Å². The SMILES string of the molecule is CC(=O)O[C@H]1CC[C@]2(C)[C@H]3C[C@@H](O)[C@@H]4[C@@H](C(C)=O)CC[C@@]4(C)[C@]3(C)CC[C@H]2C1(C)C. The third kappa shape index (κ3) is 2.74. The standard InChI is InChI=1S/C26H42O4/c1-15(27)17-8-12-26(7)22(17)18(29)14-20-24(5)11-10-21(30-16(2)28)23(3,4)19(24)9-13-25(20,26)6/h17-22,29H,8-14H2,1-7H3/t17-,18-,19+,20-,21+,22+,24+,25-,26-/m1/s1. The second-order valence-electron chi connectivity index (χ2n) is 12.5. The zero-order chi connectivity index (χ0) is 22.3. The first-order valence-electron chi connectivity index (χ1n) is 12.1. The molecule has 0 heterocycles. The molecule has 4 fully saturated rings. The molecule has 0 aromatic rings. The Morgan fingerprint density at radius 2 is 1.50 bits per heavy atom. The first-order valence-corrected chi connectivity index (χ1v) is 12.1. The zero-order valence-electron chi connectivity index (χ0n) is 20.1. The van der Waals surface area contributed by atoms with Gasteiger partial charge < -0.3 is 9.84 Å². The van der Waals surface area contributed by atoms with Crippen LogP contribution in [0.4, 0.5) is 0 Å². The van der Waals surface area contributed by atoms with E-state index in [4.69, 9.17) is 4.74 Å². The van der Waals surface area contributed by atoms with Gasteiger partial charge in [-0.1, -0.05) is 34.6 Å². The van der Waals surface area contributed by atoms with Gasteiger partial charge in [-0.15, -0.1) is 0 Å². The lowest BCUT2D eigenvalue weighted by molar-refractivity contribution is -0.243. The number of fused-ring (bicyclic) bond motifs is 5. The molecule has 0 aromatic heterocycles. The Bertz CT molecular complexity index is 743. The highest BCUT2D eigenvalue weighted by atomic mass is 16.5. The molecule has 4 aliphatic rings. The number of Topliss-reactive ketones (excluding diaryl/α,β-unsaturated/α-hetero) is 1. The molecule has 0 aliphatic heterocycles. The van der Waals surface area contributed by atoms with E-state index < -0.39 is 6.10 Å². The summed E-state index contributed by atoms with van der Waals surface area (Å²) in [6.07, 6.45) is 6.58. The molecule has 4 aliphatic carbocycles. The molecule has 4 nitrogen and oxygen atoms in total. The van der Waals surface area contributed by atoms with E-state index in [-0.39, 0.29) is 51.4 Å². The number of hydrogen-bond acceptors (Lipinski definition) is 4. The highest BCUT2D eigenvalue weighted by Crippen LogP contribution is 2.75. The molecule has 170 valence electrons. The van der Waals surface area contributed by atoms with E-state index in [1.165, 1.54) is 6.92 Å². The van der Waals surface area contributed by atoms with Crippen molar-refractivity contribution >= 4 is 11.8 Å². The predicted molar refractivity (Wildman–Crippen MR) is 117 cm³/mol. The van der Waals surface area contributed by atoms with Gasteiger partial charge in [0.15, 0.2) is 0 Å². The van der Waals surface area contributed by atoms with Crippen molar-refractivity contribution in [2.75, 3.05) is 0 Å². The molecule has 4 saturated carbocycles. The van der Waals surface area contributed by atoms with Crippen LogP contribution in [0, 0.1) is 45.3 Å². The summed E-state index contributed by atoms with van der Waals surface area (Å²) in [5.74, 6) is 1.10. The van der Waals surface area contributed by atoms with Crippen LogP contribution < -0.4 is 0 Å². The predicted octanol–water partition coefficient (Wildman–Crippen LogP) is 5.16. The number of hydrogen-bond donors (Lipinski definition) is 1. The summed E-state index contributed by atoms with van der Waals surface area (Å²) in [4.78, 5) is 24.1. The van der Waals surface area contributed by atoms with Gasteiger partial charge in [0, 0.05) is 24.2 Å². The lowest BCUT2D eigenvalue weighted by atomic mass is 9.35. The van der Waals surface area contributed by atoms with Crippen molar-refractivity contribution < 1.29 is 19.4 Å². The molecule has 4 rings (SSSR count). The molecule has 0 saturated heterocycles. The maximum atomic E-state index is 12.4. The van der Waals surface area contributed by atoms with Crippen LogP contribution in [0.5, 0.6) is 0 Å². The summed E-state index contributed by atoms with van der Waals surface area (Å²) < 4.78 is 5.79. The number of aliphatic hydroxyl groups is 1. The van der Waals surface area contributed by atoms with E-state index in [0.29, 0.717) is 11.8 Å². The van der Waals surface area contributed by atoms with Gasteiger partial charge in [0.05, 0.1) is 6.10 Å². The first kappa shape index (κ1) is 22.3. The Morgan fingerprint density at radius 1 is 0.867 bits per heavy atom. The summed E-state index contributed by atoms with van der Waals surface area (Å²) in [7, 11) is 0. The normalized spacial score (nSPS) is 52.0. The molecular formula is C26H42O4. The molecule has 0 amide bonds. The molecule has 30 heavy (non-hydrogen) atoms. The van der Waals surface area contributed by atoms with E-state index in [2.05, 4.69) is 34.6 Å². The quantitative estimate of drug-likeness (QED) is 0.629. The van der Waals surface area contributed by atoms with Crippen molar-refractivity contribution in [3.8, 4) is 0 Å². The average Bonchev–Trinajstić information content (AvgIpc) is 3.00. The van der Waals surface area contributed by atoms with Crippen LogP contribution in [0.15, 0.2) is 0 Å². The summed E-state index contributed by atoms with van der Waals surface area (Å²) in [6, 6.07) is 0. The minimum Gasteiger partial charge on any atom is -0.462 e. The van der Waals surface area contributed by atoms with Crippen LogP contribution in [-0.2, 0) is 14.3 Å². The number of ether oxygens (including phenoxy) is 1. The lowest BCUT2D eigenvalue weighted by Gasteiger charge is -2.70. The molecule has 1 N–H and O–H groups in total. The highest BCUT2D eigenvalue weighted by Gasteiger charge is 2.70. The van der Waals surface area contributed by atoms with Crippen molar-refractivity contribution in [1.82, 2.24) is 0 Å². The van der Waals surface area contributed by atoms with Crippen LogP contribution in [0.2, 0.25) is 0 Å². The number of rotatable bonds is 2. The fourth-order valence-electron chi connectivity index (χ4n) is 9.60. The van der Waals surface area contributed by atoms with Gasteiger partial charge in [0.25, 0.3) is 0 Å². The Hall–Kier alpha value is -0.900. The number of carbonyl (C=O) groups is 2. The van der Waals surface area contributed by atoms with Crippen molar-refractivity contribution in [2.45, 2.75) is 106 Å². The average molecular weight is 419 g/mol. The maximum Gasteiger partial charge on any atom is 0.302 e. The Kier molecular flexibility index (Phi) is 5.05. The van der Waals surface area contributed by atoms with Crippen molar-refractivity contribution in [1.29, 1.82) is 0 Å². The second-order valence-corrected chi connectivity index (χ2v) is 12.5. The maximum absolute atomic E-state index is 12.4. The first-order chi connectivity index (χ1) is 13.8. The third-order valence-corrected chi connectivity index (χ3v) is 11.2. The van der Waals surface area contributed by atoms with Crippen LogP contribution in [0.25, 0.3) is 0 Å². The molecule has 0 radical (unpaired) electrons. The monoisotopic (exact) mass is 418 g/mol. The van der Waals surface area contributed by atoms with E-state index in [1.807, 2.05) is 0 Å². The van der Waals surface area contributed by atoms with E-state index >= 15 is 0 Å². The Morgan fingerprint density at radius 3 is 2.10 bits per heavy atom. The van der Waals surface area contributed by atoms with Crippen LogP contribution in [0.3, 0.4) is 0 Å². The van der Waals surface area contributed by atoms with E-state index in [0.717, 1.165) is 44.9 Å². The fraction of sp³-hybridized carbons (Fsp3) is 0.923. The van der Waals surface area contributed by atoms with Crippen LogP contribution in [0.1, 0.15) is 93.4 Å². The summed E-state index contributed by atoms with van der Waals surface area (Å²) >= 11 is 0. The van der Waals surface area contributed by atoms with Gasteiger partial charge in [-0.05, 0) is 80.0 Å². The van der Waals surface area contributed by atoms with Crippen LogP contribution >= 0.6 is 0 Å². The number of esters is 1. The lowest BCUT2D eigenvalue weighted by Crippen LogP contribution is -2.66. The Balaban J connectivity index is 1.72. The van der Waals surface area contributed by atoms with Gasteiger partial charge in [-0.3, -0.25) is 9.59 Å². The van der Waals surface area contributed by atoms with Crippen molar-refractivity contribution in [3.63, 3.8) is 0 Å². The van der Waals surface area contributed by atoms with Gasteiger partial charge in [-0.25, -0.2) is 0 Å². The Labute approximate surface area is 182 Å². The third-order valence-electron chi connectivity index (χ3n) is 11.2. The summed E-state index contributed by atoms with van der Waals surface area (Å²) in [6.45, 7) is 15.1. The molecule has 0 bridgehead atoms. The molecule has 4 heteroatoms. The fourth-order valence-corrected chi connectivity index (χ4v) is 9.60. The highest BCUT2D eigenvalue weighted by molar-refractivity contribution is 5.79. The molecule has 0 unspecified atom stereocenters. The summed E-state index contributed by atoms with van der Waals surface area (Å²) in [5.41, 5.74) is 0.198. The number of aliphatic hydroxyl groups excluding tert-OH is 1. The van der Waals surface area contributed by atoms with E-state index in [9.17, 15) is 14.7 Å². The topological polar surface area (TPSA) is 63.6 Å². The number of carbonyl (C=O) groups excluding carboxylic acids is 2. The van der Waals surface area contributed by atoms with Gasteiger partial charge in [0.2, 0.25) is 0 Å². The molecule has 9 atom stereocenters. The molecule has 0 spiro atoms. The van der Waals surface area contributed by atoms with Gasteiger partial charge in [0.1, 0.15) is 11.9 Å². The minimum absolute atomic E-state index is 0.0104. The van der Waals surface area contributed by atoms with Crippen molar-refractivity contribution in [3.05, 3.63) is 0 Å². The summed E-state index contributed by atoms with van der Waals surface area (Å²) in [5, 5.41) is 11.4. The second kappa shape index (κ2) is 6.80. The molecular weight excluding hydrogens is 376 g/mol. The van der Waals surface area contributed by atoms with Gasteiger partial charge >= 0.3 is 5.97 Å². The number of ketones is 1. The minimum atomic E-state index is -0.394.